The molecule has 0 aliphatic rings. The van der Waals surface area contributed by atoms with Crippen LogP contribution in [0, 0.1) is 0 Å². The summed E-state index contributed by atoms with van der Waals surface area (Å²) in [6.45, 7) is 0.730. The minimum absolute atomic E-state index is 0.683. The molecule has 78 heavy (non-hydrogen) atoms. The SMILES string of the molecule is FC(F)(F)c1cc([B-](c2cc(C(F)(F)F)cc(C(F)(F)F)c2)(c2cc(C(F)(F)F)cc(C(F)(F)F)c2)c2cc(C(F)(F)F)cc(C(F)(F)F)c2)cc(C(F)(F)F)c1.Sc1ccccc1Oc1cncc[n+]1Cc1ccccc1. The maximum Gasteiger partial charge on any atom is 0.416 e. The highest BCUT2D eigenvalue weighted by Gasteiger charge is 2.47. The number of hydrogen-bond donors (Lipinski definition) is 1. The number of benzene rings is 6. The molecule has 0 saturated heterocycles. The Hall–Kier alpha value is -7.07. The summed E-state index contributed by atoms with van der Waals surface area (Å²) in [5.41, 5.74) is -29.0. The van der Waals surface area contributed by atoms with Crippen molar-refractivity contribution in [3.63, 3.8) is 0 Å². The second-order valence-corrected chi connectivity index (χ2v) is 17.3. The van der Waals surface area contributed by atoms with Crippen LogP contribution < -0.4 is 31.2 Å². The van der Waals surface area contributed by atoms with E-state index < -0.39 is 195 Å². The van der Waals surface area contributed by atoms with Gasteiger partial charge in [-0.25, -0.2) is 4.98 Å². The molecule has 0 radical (unpaired) electrons. The zero-order valence-electron chi connectivity index (χ0n) is 38.0. The molecule has 0 amide bonds. The number of aromatic nitrogens is 2. The normalized spacial score (nSPS) is 13.2. The summed E-state index contributed by atoms with van der Waals surface area (Å²) >= 11 is 4.41. The predicted molar refractivity (Wildman–Crippen MR) is 234 cm³/mol. The van der Waals surface area contributed by atoms with Crippen molar-refractivity contribution in [1.82, 2.24) is 4.98 Å². The summed E-state index contributed by atoms with van der Waals surface area (Å²) < 4.78 is 349. The first-order valence-electron chi connectivity index (χ1n) is 21.3. The zero-order chi connectivity index (χ0) is 58.4. The maximum atomic E-state index is 14.2. The third kappa shape index (κ3) is 14.0. The van der Waals surface area contributed by atoms with Gasteiger partial charge in [0.1, 0.15) is 18.1 Å². The van der Waals surface area contributed by atoms with Crippen molar-refractivity contribution in [2.45, 2.75) is 60.9 Å². The van der Waals surface area contributed by atoms with Crippen LogP contribution in [0.3, 0.4) is 0 Å². The van der Waals surface area contributed by atoms with Crippen LogP contribution in [0.15, 0.2) is 151 Å². The molecule has 416 valence electrons. The van der Waals surface area contributed by atoms with Crippen molar-refractivity contribution >= 4 is 40.6 Å². The highest BCUT2D eigenvalue weighted by atomic mass is 32.1. The average molecular weight is 1160 g/mol. The van der Waals surface area contributed by atoms with Crippen LogP contribution in [0.5, 0.6) is 11.6 Å². The van der Waals surface area contributed by atoms with Crippen LogP contribution in [0.4, 0.5) is 105 Å². The van der Waals surface area contributed by atoms with Crippen molar-refractivity contribution in [3.8, 4) is 11.6 Å². The van der Waals surface area contributed by atoms with Crippen molar-refractivity contribution < 1.29 is 115 Å². The van der Waals surface area contributed by atoms with E-state index in [-0.39, 0.29) is 0 Å². The van der Waals surface area contributed by atoms with E-state index in [0.29, 0.717) is 5.88 Å². The Morgan fingerprint density at radius 1 is 0.385 bits per heavy atom. The summed E-state index contributed by atoms with van der Waals surface area (Å²) in [6.07, 6.45) is -49.4. The lowest BCUT2D eigenvalue weighted by Gasteiger charge is -2.46. The van der Waals surface area contributed by atoms with Crippen LogP contribution in [0.1, 0.15) is 50.1 Å². The fraction of sp³-hybridized carbons (Fsp3) is 0.184. The van der Waals surface area contributed by atoms with E-state index in [1.807, 2.05) is 53.2 Å². The van der Waals surface area contributed by atoms with Crippen LogP contribution in [0.25, 0.3) is 0 Å². The summed E-state index contributed by atoms with van der Waals surface area (Å²) in [5.74, 6) is 1.40. The van der Waals surface area contributed by atoms with Gasteiger partial charge in [-0.2, -0.15) is 132 Å². The van der Waals surface area contributed by atoms with Gasteiger partial charge in [-0.1, -0.05) is 91.0 Å². The fourth-order valence-corrected chi connectivity index (χ4v) is 8.30. The standard InChI is InChI=1S/C32H12BF24.C17H14N2OS/c34-25(35,36)13-1-14(26(37,38)39)6-21(5-13)33(22-7-15(27(40,41)42)2-16(8-22)28(43,44)45,23-9-17(29(46,47)48)3-18(10-23)30(49,50)51)24-11-19(31(52,53)54)4-20(12-24)32(55,56)57;21-16-9-5-4-8-15(16)20-17-12-18-10-11-19(17)13-14-6-2-1-3-7-14/h1-12H;1-12H,13H2/q-1;/p+1. The van der Waals surface area contributed by atoms with E-state index in [9.17, 15) is 105 Å². The van der Waals surface area contributed by atoms with E-state index in [0.717, 1.165) is 17.2 Å². The number of halogens is 24. The van der Waals surface area contributed by atoms with Gasteiger partial charge >= 0.3 is 55.3 Å². The maximum absolute atomic E-state index is 14.2. The Balaban J connectivity index is 0.000000387. The van der Waals surface area contributed by atoms with Crippen LogP contribution >= 0.6 is 12.6 Å². The predicted octanol–water partition coefficient (Wildman–Crippen LogP) is 14.7. The number of ether oxygens (including phenoxy) is 1. The quantitative estimate of drug-likeness (QED) is 0.0710. The Morgan fingerprint density at radius 2 is 0.667 bits per heavy atom. The monoisotopic (exact) mass is 1160 g/mol. The smallest absolute Gasteiger partial charge is 0.403 e. The molecule has 0 atom stereocenters. The minimum Gasteiger partial charge on any atom is -0.403 e. The molecule has 0 spiro atoms. The van der Waals surface area contributed by atoms with Gasteiger partial charge in [-0.15, -0.1) is 12.6 Å². The third-order valence-corrected chi connectivity index (χ3v) is 11.9. The molecular formula is C49H27BF24N2OS. The summed E-state index contributed by atoms with van der Waals surface area (Å²) in [5, 5.41) is 0. The van der Waals surface area contributed by atoms with Crippen molar-refractivity contribution in [2.75, 3.05) is 0 Å². The Bertz CT molecular complexity index is 2830. The van der Waals surface area contributed by atoms with Crippen molar-refractivity contribution in [2.24, 2.45) is 0 Å². The minimum atomic E-state index is -6.13. The molecular weight excluding hydrogens is 1130 g/mol. The molecule has 0 bridgehead atoms. The summed E-state index contributed by atoms with van der Waals surface area (Å²) in [6, 6.07) is 9.07. The number of thiol groups is 1. The summed E-state index contributed by atoms with van der Waals surface area (Å²) in [7, 11) is 0. The number of hydrogen-bond acceptors (Lipinski definition) is 3. The van der Waals surface area contributed by atoms with Gasteiger partial charge in [0.25, 0.3) is 0 Å². The number of alkyl halides is 24. The zero-order valence-corrected chi connectivity index (χ0v) is 38.9. The third-order valence-electron chi connectivity index (χ3n) is 11.5. The molecule has 0 fully saturated rings. The van der Waals surface area contributed by atoms with Gasteiger partial charge in [0, 0.05) is 10.5 Å². The first-order chi connectivity index (χ1) is 35.6. The van der Waals surface area contributed by atoms with E-state index in [1.54, 1.807) is 12.4 Å². The molecule has 3 nitrogen and oxygen atoms in total. The lowest BCUT2D eigenvalue weighted by atomic mass is 9.12. The molecule has 6 aromatic carbocycles. The molecule has 29 heteroatoms. The molecule has 7 aromatic rings. The molecule has 1 aromatic heterocycles. The van der Waals surface area contributed by atoms with E-state index in [1.165, 1.54) is 5.56 Å². The molecule has 7 rings (SSSR count). The first kappa shape index (κ1) is 60.2. The summed E-state index contributed by atoms with van der Waals surface area (Å²) in [4.78, 5) is 4.94. The fourth-order valence-electron chi connectivity index (χ4n) is 8.10. The number of rotatable bonds is 8. The highest BCUT2D eigenvalue weighted by Crippen LogP contribution is 2.41. The van der Waals surface area contributed by atoms with Gasteiger partial charge in [0.15, 0.2) is 12.7 Å². The second-order valence-electron chi connectivity index (χ2n) is 16.8. The van der Waals surface area contributed by atoms with E-state index in [4.69, 9.17) is 4.74 Å². The molecule has 0 aliphatic heterocycles. The molecule has 1 heterocycles. The van der Waals surface area contributed by atoms with Crippen LogP contribution in [0.2, 0.25) is 0 Å². The largest absolute Gasteiger partial charge is 0.416 e. The molecule has 0 N–H and O–H groups in total. The lowest BCUT2D eigenvalue weighted by molar-refractivity contribution is -0.692. The number of para-hydroxylation sites is 1. The Labute approximate surface area is 428 Å². The topological polar surface area (TPSA) is 26.0 Å². The molecule has 0 saturated carbocycles. The average Bonchev–Trinajstić information content (AvgIpc) is 3.35. The lowest BCUT2D eigenvalue weighted by Crippen LogP contribution is -2.75. The van der Waals surface area contributed by atoms with E-state index >= 15 is 0 Å². The first-order valence-corrected chi connectivity index (χ1v) is 21.7. The van der Waals surface area contributed by atoms with E-state index in [2.05, 4.69) is 29.7 Å². The van der Waals surface area contributed by atoms with Crippen molar-refractivity contribution in [3.05, 3.63) is 196 Å². The second kappa shape index (κ2) is 21.3. The highest BCUT2D eigenvalue weighted by molar-refractivity contribution is 7.80. The van der Waals surface area contributed by atoms with Gasteiger partial charge in [-0.3, -0.25) is 0 Å². The van der Waals surface area contributed by atoms with Gasteiger partial charge < -0.3 is 4.74 Å². The van der Waals surface area contributed by atoms with Crippen molar-refractivity contribution in [1.29, 1.82) is 0 Å². The van der Waals surface area contributed by atoms with Gasteiger partial charge in [-0.05, 0) is 36.4 Å². The molecule has 0 aliphatic carbocycles. The number of nitrogens with zero attached hydrogens (tertiary/aromatic N) is 2. The molecule has 0 unspecified atom stereocenters. The van der Waals surface area contributed by atoms with Gasteiger partial charge in [0.2, 0.25) is 0 Å². The van der Waals surface area contributed by atoms with Gasteiger partial charge in [0.05, 0.1) is 50.7 Å². The Kier molecular flexibility index (Phi) is 16.4. The van der Waals surface area contributed by atoms with Crippen LogP contribution in [-0.4, -0.2) is 11.1 Å². The van der Waals surface area contributed by atoms with Crippen LogP contribution in [-0.2, 0) is 56.0 Å². The Morgan fingerprint density at radius 3 is 0.949 bits per heavy atom.